The monoisotopic (exact) mass is 253 g/mol. The molecule has 1 heteroatoms. The summed E-state index contributed by atoms with van der Waals surface area (Å²) in [5.74, 6) is 0. The fraction of sp³-hybridized carbons (Fsp3) is 0.333. The van der Waals surface area contributed by atoms with Crippen LogP contribution in [0.1, 0.15) is 37.4 Å². The third kappa shape index (κ3) is 3.24. The van der Waals surface area contributed by atoms with E-state index in [1.165, 1.54) is 22.3 Å². The Labute approximate surface area is 116 Å². The van der Waals surface area contributed by atoms with Crippen LogP contribution in [0.2, 0.25) is 0 Å². The molecule has 0 radical (unpaired) electrons. The van der Waals surface area contributed by atoms with E-state index in [0.29, 0.717) is 6.04 Å². The van der Waals surface area contributed by atoms with Crippen molar-refractivity contribution in [2.45, 2.75) is 33.2 Å². The van der Waals surface area contributed by atoms with Gasteiger partial charge in [0.05, 0.1) is 0 Å². The van der Waals surface area contributed by atoms with Crippen LogP contribution in [0.15, 0.2) is 48.5 Å². The normalized spacial score (nSPS) is 12.4. The summed E-state index contributed by atoms with van der Waals surface area (Å²) in [6, 6.07) is 18.0. The predicted octanol–water partition coefficient (Wildman–Crippen LogP) is 4.72. The van der Waals surface area contributed by atoms with Crippen molar-refractivity contribution in [1.29, 1.82) is 0 Å². The summed E-state index contributed by atoms with van der Waals surface area (Å²) in [6.07, 6.45) is 1.12. The Morgan fingerprint density at radius 2 is 1.63 bits per heavy atom. The fourth-order valence-corrected chi connectivity index (χ4v) is 2.54. The van der Waals surface area contributed by atoms with Crippen LogP contribution in [-0.2, 0) is 0 Å². The van der Waals surface area contributed by atoms with Gasteiger partial charge in [-0.1, -0.05) is 62.4 Å². The zero-order valence-electron chi connectivity index (χ0n) is 12.1. The van der Waals surface area contributed by atoms with Crippen molar-refractivity contribution in [3.05, 3.63) is 59.7 Å². The van der Waals surface area contributed by atoms with E-state index in [4.69, 9.17) is 0 Å². The first kappa shape index (κ1) is 13.8. The van der Waals surface area contributed by atoms with Crippen molar-refractivity contribution in [2.75, 3.05) is 6.54 Å². The summed E-state index contributed by atoms with van der Waals surface area (Å²) in [6.45, 7) is 7.56. The number of aryl methyl sites for hydroxylation is 1. The minimum atomic E-state index is 0.468. The van der Waals surface area contributed by atoms with Gasteiger partial charge in [0.1, 0.15) is 0 Å². The highest BCUT2D eigenvalue weighted by Gasteiger charge is 2.08. The maximum absolute atomic E-state index is 3.52. The van der Waals surface area contributed by atoms with Crippen LogP contribution < -0.4 is 5.32 Å². The molecule has 0 aliphatic carbocycles. The standard InChI is InChI=1S/C18H23N/c1-4-18(19-5-2)16-12-10-15(11-13-16)17-9-7-6-8-14(17)3/h6-13,18-19H,4-5H2,1-3H3. The second kappa shape index (κ2) is 6.53. The molecule has 0 heterocycles. The van der Waals surface area contributed by atoms with Crippen LogP contribution in [0.4, 0.5) is 0 Å². The molecule has 0 aliphatic heterocycles. The summed E-state index contributed by atoms with van der Waals surface area (Å²) in [5.41, 5.74) is 5.33. The van der Waals surface area contributed by atoms with Gasteiger partial charge in [-0.3, -0.25) is 0 Å². The van der Waals surface area contributed by atoms with Crippen LogP contribution in [0, 0.1) is 6.92 Å². The van der Waals surface area contributed by atoms with Gasteiger partial charge in [-0.15, -0.1) is 0 Å². The van der Waals surface area contributed by atoms with Crippen molar-refractivity contribution < 1.29 is 0 Å². The number of benzene rings is 2. The van der Waals surface area contributed by atoms with Gasteiger partial charge in [0.25, 0.3) is 0 Å². The van der Waals surface area contributed by atoms with Crippen molar-refractivity contribution in [3.63, 3.8) is 0 Å². The van der Waals surface area contributed by atoms with Crippen molar-refractivity contribution in [1.82, 2.24) is 5.32 Å². The summed E-state index contributed by atoms with van der Waals surface area (Å²) in [7, 11) is 0. The second-order valence-electron chi connectivity index (χ2n) is 4.96. The van der Waals surface area contributed by atoms with Gasteiger partial charge in [-0.25, -0.2) is 0 Å². The van der Waals surface area contributed by atoms with E-state index in [1.807, 2.05) is 0 Å². The maximum atomic E-state index is 3.52. The topological polar surface area (TPSA) is 12.0 Å². The molecule has 0 fully saturated rings. The van der Waals surface area contributed by atoms with Gasteiger partial charge in [-0.05, 0) is 42.1 Å². The fourth-order valence-electron chi connectivity index (χ4n) is 2.54. The van der Waals surface area contributed by atoms with E-state index in [2.05, 4.69) is 74.6 Å². The lowest BCUT2D eigenvalue weighted by Crippen LogP contribution is -2.19. The van der Waals surface area contributed by atoms with Gasteiger partial charge >= 0.3 is 0 Å². The lowest BCUT2D eigenvalue weighted by molar-refractivity contribution is 0.537. The summed E-state index contributed by atoms with van der Waals surface area (Å²) >= 11 is 0. The predicted molar refractivity (Wildman–Crippen MR) is 83.3 cm³/mol. The Bertz CT molecular complexity index is 513. The summed E-state index contributed by atoms with van der Waals surface area (Å²) in [4.78, 5) is 0. The molecule has 0 bridgehead atoms. The lowest BCUT2D eigenvalue weighted by Gasteiger charge is -2.17. The highest BCUT2D eigenvalue weighted by atomic mass is 14.9. The first-order chi connectivity index (χ1) is 9.26. The minimum absolute atomic E-state index is 0.468. The van der Waals surface area contributed by atoms with E-state index >= 15 is 0 Å². The molecule has 1 nitrogen and oxygen atoms in total. The van der Waals surface area contributed by atoms with Gasteiger partial charge in [0.2, 0.25) is 0 Å². The number of rotatable bonds is 5. The molecule has 19 heavy (non-hydrogen) atoms. The van der Waals surface area contributed by atoms with Crippen LogP contribution in [0.5, 0.6) is 0 Å². The number of hydrogen-bond donors (Lipinski definition) is 1. The van der Waals surface area contributed by atoms with E-state index in [0.717, 1.165) is 13.0 Å². The molecule has 1 N–H and O–H groups in total. The molecule has 1 atom stereocenters. The van der Waals surface area contributed by atoms with E-state index in [9.17, 15) is 0 Å². The smallest absolute Gasteiger partial charge is 0.0317 e. The summed E-state index contributed by atoms with van der Waals surface area (Å²) in [5, 5.41) is 3.52. The largest absolute Gasteiger partial charge is 0.310 e. The molecule has 2 aromatic carbocycles. The average molecular weight is 253 g/mol. The molecule has 1 unspecified atom stereocenters. The first-order valence-corrected chi connectivity index (χ1v) is 7.15. The van der Waals surface area contributed by atoms with Crippen molar-refractivity contribution >= 4 is 0 Å². The number of nitrogens with one attached hydrogen (secondary N) is 1. The summed E-state index contributed by atoms with van der Waals surface area (Å²) < 4.78 is 0. The molecule has 2 aromatic rings. The molecule has 0 aliphatic rings. The Balaban J connectivity index is 2.26. The van der Waals surface area contributed by atoms with Crippen LogP contribution in [0.3, 0.4) is 0 Å². The molecular weight excluding hydrogens is 230 g/mol. The molecule has 2 rings (SSSR count). The van der Waals surface area contributed by atoms with E-state index in [-0.39, 0.29) is 0 Å². The zero-order chi connectivity index (χ0) is 13.7. The van der Waals surface area contributed by atoms with Crippen molar-refractivity contribution in [3.8, 4) is 11.1 Å². The van der Waals surface area contributed by atoms with E-state index in [1.54, 1.807) is 0 Å². The Kier molecular flexibility index (Phi) is 4.75. The molecule has 0 saturated heterocycles. The maximum Gasteiger partial charge on any atom is 0.0317 e. The average Bonchev–Trinajstić information content (AvgIpc) is 2.46. The molecular formula is C18H23N. The van der Waals surface area contributed by atoms with Crippen LogP contribution in [-0.4, -0.2) is 6.54 Å². The van der Waals surface area contributed by atoms with Crippen molar-refractivity contribution in [2.24, 2.45) is 0 Å². The molecule has 0 amide bonds. The second-order valence-corrected chi connectivity index (χ2v) is 4.96. The van der Waals surface area contributed by atoms with Crippen LogP contribution in [0.25, 0.3) is 11.1 Å². The van der Waals surface area contributed by atoms with Gasteiger partial charge in [-0.2, -0.15) is 0 Å². The zero-order valence-corrected chi connectivity index (χ0v) is 12.1. The van der Waals surface area contributed by atoms with Gasteiger partial charge in [0, 0.05) is 6.04 Å². The SMILES string of the molecule is CCNC(CC)c1ccc(-c2ccccc2C)cc1. The van der Waals surface area contributed by atoms with E-state index < -0.39 is 0 Å². The molecule has 100 valence electrons. The molecule has 0 aromatic heterocycles. The highest BCUT2D eigenvalue weighted by molar-refractivity contribution is 5.67. The first-order valence-electron chi connectivity index (χ1n) is 7.15. The minimum Gasteiger partial charge on any atom is -0.310 e. The Morgan fingerprint density at radius 1 is 0.947 bits per heavy atom. The molecule has 0 spiro atoms. The van der Waals surface area contributed by atoms with Crippen LogP contribution >= 0.6 is 0 Å². The van der Waals surface area contributed by atoms with Gasteiger partial charge in [0.15, 0.2) is 0 Å². The lowest BCUT2D eigenvalue weighted by atomic mass is 9.97. The van der Waals surface area contributed by atoms with Gasteiger partial charge < -0.3 is 5.32 Å². The highest BCUT2D eigenvalue weighted by Crippen LogP contribution is 2.25. The molecule has 0 saturated carbocycles. The third-order valence-corrected chi connectivity index (χ3v) is 3.63. The number of hydrogen-bond acceptors (Lipinski definition) is 1. The quantitative estimate of drug-likeness (QED) is 0.812. The Hall–Kier alpha value is -1.60. The third-order valence-electron chi connectivity index (χ3n) is 3.63. The Morgan fingerprint density at radius 3 is 2.21 bits per heavy atom.